The molecule has 1 fully saturated rings. The molecule has 1 atom stereocenters. The molecule has 0 aliphatic heterocycles. The monoisotopic (exact) mass is 359 g/mol. The smallest absolute Gasteiger partial charge is 0.308 e. The number of nitrogens with zero attached hydrogens (tertiary/aromatic N) is 1. The van der Waals surface area contributed by atoms with Crippen LogP contribution < -0.4 is 0 Å². The molecule has 1 amide bonds. The fourth-order valence-corrected chi connectivity index (χ4v) is 2.55. The lowest BCUT2D eigenvalue weighted by Crippen LogP contribution is -2.38. The summed E-state index contributed by atoms with van der Waals surface area (Å²) in [5.41, 5.74) is 0.408. The lowest BCUT2D eigenvalue weighted by atomic mass is 10.1. The van der Waals surface area contributed by atoms with E-state index in [-0.39, 0.29) is 18.5 Å². The Morgan fingerprint density at radius 3 is 2.70 bits per heavy atom. The van der Waals surface area contributed by atoms with Crippen molar-refractivity contribution in [2.75, 3.05) is 6.54 Å². The molecule has 20 heavy (non-hydrogen) atoms. The molecule has 1 N–H and O–H groups in total. The topological polar surface area (TPSA) is 57.6 Å². The van der Waals surface area contributed by atoms with Crippen LogP contribution in [0.4, 0.5) is 0 Å². The van der Waals surface area contributed by atoms with Crippen LogP contribution in [-0.4, -0.2) is 34.5 Å². The summed E-state index contributed by atoms with van der Waals surface area (Å²) in [4.78, 5) is 25.2. The highest BCUT2D eigenvalue weighted by atomic mass is 79.9. The summed E-state index contributed by atoms with van der Waals surface area (Å²) in [6, 6.07) is 5.31. The van der Waals surface area contributed by atoms with E-state index in [4.69, 9.17) is 16.7 Å². The zero-order valence-electron chi connectivity index (χ0n) is 11.0. The molecule has 0 spiro atoms. The lowest BCUT2D eigenvalue weighted by Gasteiger charge is -2.25. The van der Waals surface area contributed by atoms with Gasteiger partial charge in [0, 0.05) is 17.1 Å². The predicted octanol–water partition coefficient (Wildman–Crippen LogP) is 3.43. The molecule has 0 aromatic heterocycles. The van der Waals surface area contributed by atoms with Crippen LogP contribution in [0.25, 0.3) is 0 Å². The van der Waals surface area contributed by atoms with Crippen molar-refractivity contribution in [1.82, 2.24) is 4.90 Å². The summed E-state index contributed by atoms with van der Waals surface area (Å²) in [5, 5.41) is 9.38. The van der Waals surface area contributed by atoms with Crippen molar-refractivity contribution in [3.63, 3.8) is 0 Å². The van der Waals surface area contributed by atoms with E-state index in [2.05, 4.69) is 15.9 Å². The number of halogens is 2. The van der Waals surface area contributed by atoms with E-state index in [0.717, 1.165) is 12.8 Å². The Labute approximate surface area is 130 Å². The largest absolute Gasteiger partial charge is 0.481 e. The molecular weight excluding hydrogens is 346 g/mol. The number of carboxylic acids is 1. The Morgan fingerprint density at radius 2 is 2.15 bits per heavy atom. The maximum atomic E-state index is 12.6. The minimum Gasteiger partial charge on any atom is -0.481 e. The first-order chi connectivity index (χ1) is 9.41. The third-order valence-electron chi connectivity index (χ3n) is 3.32. The van der Waals surface area contributed by atoms with E-state index in [0.29, 0.717) is 15.1 Å². The molecule has 0 bridgehead atoms. The van der Waals surface area contributed by atoms with E-state index in [1.807, 2.05) is 0 Å². The second kappa shape index (κ2) is 6.14. The number of benzene rings is 1. The minimum atomic E-state index is -0.899. The second-order valence-corrected chi connectivity index (χ2v) is 6.26. The molecular formula is C14H15BrClNO3. The molecule has 1 aliphatic carbocycles. The van der Waals surface area contributed by atoms with Gasteiger partial charge in [0.05, 0.1) is 16.5 Å². The van der Waals surface area contributed by atoms with Crippen molar-refractivity contribution in [3.05, 3.63) is 33.3 Å². The van der Waals surface area contributed by atoms with Crippen molar-refractivity contribution < 1.29 is 14.7 Å². The van der Waals surface area contributed by atoms with E-state index in [1.165, 1.54) is 0 Å². The molecule has 1 aromatic carbocycles. The van der Waals surface area contributed by atoms with Gasteiger partial charge in [-0.1, -0.05) is 24.6 Å². The van der Waals surface area contributed by atoms with Gasteiger partial charge in [0.1, 0.15) is 0 Å². The highest BCUT2D eigenvalue weighted by Gasteiger charge is 2.35. The Morgan fingerprint density at radius 1 is 1.50 bits per heavy atom. The van der Waals surface area contributed by atoms with Gasteiger partial charge in [-0.15, -0.1) is 0 Å². The number of hydrogen-bond donors (Lipinski definition) is 1. The van der Waals surface area contributed by atoms with Gasteiger partial charge < -0.3 is 10.0 Å². The highest BCUT2D eigenvalue weighted by molar-refractivity contribution is 9.10. The molecule has 1 aromatic rings. The van der Waals surface area contributed by atoms with Crippen molar-refractivity contribution in [2.45, 2.75) is 25.8 Å². The van der Waals surface area contributed by atoms with E-state index in [1.54, 1.807) is 30.0 Å². The molecule has 2 rings (SSSR count). The summed E-state index contributed by atoms with van der Waals surface area (Å²) in [6.45, 7) is 1.81. The molecule has 4 nitrogen and oxygen atoms in total. The summed E-state index contributed by atoms with van der Waals surface area (Å²) in [6.07, 6.45) is 1.84. The van der Waals surface area contributed by atoms with Crippen LogP contribution in [0.15, 0.2) is 22.7 Å². The van der Waals surface area contributed by atoms with Crippen molar-refractivity contribution in [2.24, 2.45) is 5.92 Å². The first-order valence-electron chi connectivity index (χ1n) is 6.39. The Hall–Kier alpha value is -1.07. The molecule has 1 unspecified atom stereocenters. The average molecular weight is 361 g/mol. The van der Waals surface area contributed by atoms with Gasteiger partial charge in [0.25, 0.3) is 5.91 Å². The lowest BCUT2D eigenvalue weighted by molar-refractivity contribution is -0.141. The Bertz CT molecular complexity index is 545. The number of carbonyl (C=O) groups is 2. The van der Waals surface area contributed by atoms with Crippen LogP contribution in [-0.2, 0) is 4.79 Å². The van der Waals surface area contributed by atoms with Crippen LogP contribution >= 0.6 is 27.5 Å². The van der Waals surface area contributed by atoms with Gasteiger partial charge >= 0.3 is 5.97 Å². The van der Waals surface area contributed by atoms with E-state index in [9.17, 15) is 9.59 Å². The van der Waals surface area contributed by atoms with Gasteiger partial charge in [-0.05, 0) is 40.9 Å². The number of hydrogen-bond acceptors (Lipinski definition) is 2. The van der Waals surface area contributed by atoms with E-state index < -0.39 is 11.9 Å². The molecule has 1 saturated carbocycles. The standard InChI is InChI=1S/C14H15BrClNO3/c1-8(14(19)20)7-17(9-5-6-9)13(18)10-3-2-4-11(15)12(10)16/h2-4,8-9H,5-7H2,1H3,(H,19,20). The van der Waals surface area contributed by atoms with E-state index >= 15 is 0 Å². The minimum absolute atomic E-state index is 0.138. The first kappa shape index (κ1) is 15.3. The Kier molecular flexibility index (Phi) is 4.70. The SMILES string of the molecule is CC(CN(C(=O)c1cccc(Br)c1Cl)C1CC1)C(=O)O. The van der Waals surface area contributed by atoms with Gasteiger partial charge in [0.2, 0.25) is 0 Å². The molecule has 6 heteroatoms. The highest BCUT2D eigenvalue weighted by Crippen LogP contribution is 2.32. The summed E-state index contributed by atoms with van der Waals surface area (Å²) >= 11 is 9.44. The second-order valence-electron chi connectivity index (χ2n) is 5.03. The number of amides is 1. The van der Waals surface area contributed by atoms with Gasteiger partial charge in [-0.2, -0.15) is 0 Å². The van der Waals surface area contributed by atoms with Crippen LogP contribution in [0.3, 0.4) is 0 Å². The molecule has 1 aliphatic rings. The van der Waals surface area contributed by atoms with Crippen LogP contribution in [0.1, 0.15) is 30.1 Å². The maximum Gasteiger partial charge on any atom is 0.308 e. The Balaban J connectivity index is 2.23. The van der Waals surface area contributed by atoms with Crippen molar-refractivity contribution >= 4 is 39.4 Å². The molecule has 0 saturated heterocycles. The van der Waals surface area contributed by atoms with Crippen LogP contribution in [0.2, 0.25) is 5.02 Å². The molecule has 108 valence electrons. The van der Waals surface area contributed by atoms with Crippen molar-refractivity contribution in [1.29, 1.82) is 0 Å². The van der Waals surface area contributed by atoms with Crippen LogP contribution in [0.5, 0.6) is 0 Å². The third-order valence-corrected chi connectivity index (χ3v) is 4.62. The fourth-order valence-electron chi connectivity index (χ4n) is 1.98. The predicted molar refractivity (Wildman–Crippen MR) is 80.0 cm³/mol. The molecule has 0 heterocycles. The number of rotatable bonds is 5. The van der Waals surface area contributed by atoms with Gasteiger partial charge in [-0.25, -0.2) is 0 Å². The normalized spacial score (nSPS) is 15.8. The summed E-state index contributed by atoms with van der Waals surface area (Å²) < 4.78 is 0.659. The molecule has 0 radical (unpaired) electrons. The fraction of sp³-hybridized carbons (Fsp3) is 0.429. The number of carboxylic acid groups (broad SMARTS) is 1. The first-order valence-corrected chi connectivity index (χ1v) is 7.56. The van der Waals surface area contributed by atoms with Gasteiger partial charge in [0.15, 0.2) is 0 Å². The quantitative estimate of drug-likeness (QED) is 0.875. The summed E-state index contributed by atoms with van der Waals surface area (Å²) in [7, 11) is 0. The number of carbonyl (C=O) groups excluding carboxylic acids is 1. The van der Waals surface area contributed by atoms with Gasteiger partial charge in [-0.3, -0.25) is 9.59 Å². The summed E-state index contributed by atoms with van der Waals surface area (Å²) in [5.74, 6) is -1.69. The van der Waals surface area contributed by atoms with Crippen molar-refractivity contribution in [3.8, 4) is 0 Å². The third kappa shape index (κ3) is 3.33. The van der Waals surface area contributed by atoms with Crippen LogP contribution in [0, 0.1) is 5.92 Å². The average Bonchev–Trinajstić information content (AvgIpc) is 3.22. The number of aliphatic carboxylic acids is 1. The maximum absolute atomic E-state index is 12.6. The zero-order chi connectivity index (χ0) is 14.9. The zero-order valence-corrected chi connectivity index (χ0v) is 13.3.